The number of methoxy groups -OCH3 is 1. The molecule has 5 heteroatoms. The van der Waals surface area contributed by atoms with Crippen LogP contribution in [0.15, 0.2) is 18.3 Å². The summed E-state index contributed by atoms with van der Waals surface area (Å²) in [6, 6.07) is 4.02. The van der Waals surface area contributed by atoms with Crippen LogP contribution in [0.1, 0.15) is 24.1 Å². The molecular weight excluding hydrogens is 258 g/mol. The van der Waals surface area contributed by atoms with E-state index in [0.29, 0.717) is 16.6 Å². The smallest absolute Gasteiger partial charge is 0.122 e. The number of rotatable bonds is 5. The first-order chi connectivity index (χ1) is 9.19. The maximum absolute atomic E-state index is 5.62. The average Bonchev–Trinajstić information content (AvgIpc) is 2.40. The van der Waals surface area contributed by atoms with Gasteiger partial charge in [0.2, 0.25) is 0 Å². The number of thiocarbonyl (C=S) groups is 1. The van der Waals surface area contributed by atoms with Crippen LogP contribution in [0.5, 0.6) is 0 Å². The number of nitrogens with two attached hydrogens (primary N) is 1. The van der Waals surface area contributed by atoms with Crippen molar-refractivity contribution in [2.75, 3.05) is 26.8 Å². The molecule has 1 aromatic rings. The van der Waals surface area contributed by atoms with E-state index in [1.165, 1.54) is 18.4 Å². The van der Waals surface area contributed by atoms with Gasteiger partial charge in [-0.1, -0.05) is 12.2 Å². The first-order valence-corrected chi connectivity index (χ1v) is 7.06. The van der Waals surface area contributed by atoms with E-state index in [1.54, 1.807) is 13.3 Å². The minimum Gasteiger partial charge on any atom is -0.388 e. The lowest BCUT2D eigenvalue weighted by molar-refractivity contribution is 0.0873. The maximum Gasteiger partial charge on any atom is 0.122 e. The maximum atomic E-state index is 5.62. The Kier molecular flexibility index (Phi) is 5.24. The summed E-state index contributed by atoms with van der Waals surface area (Å²) >= 11 is 4.96. The van der Waals surface area contributed by atoms with Gasteiger partial charge in [0.25, 0.3) is 0 Å². The zero-order chi connectivity index (χ0) is 13.7. The van der Waals surface area contributed by atoms with Gasteiger partial charge in [-0.15, -0.1) is 0 Å². The van der Waals surface area contributed by atoms with Gasteiger partial charge >= 0.3 is 0 Å². The zero-order valence-corrected chi connectivity index (χ0v) is 12.2. The minimum absolute atomic E-state index is 0.359. The average molecular weight is 279 g/mol. The molecule has 1 unspecified atom stereocenters. The largest absolute Gasteiger partial charge is 0.388 e. The van der Waals surface area contributed by atoms with Crippen LogP contribution in [0.2, 0.25) is 0 Å². The van der Waals surface area contributed by atoms with Crippen molar-refractivity contribution in [1.29, 1.82) is 0 Å². The number of piperidine rings is 1. The molecule has 1 aromatic heterocycles. The second kappa shape index (κ2) is 6.93. The Labute approximate surface area is 120 Å². The van der Waals surface area contributed by atoms with Crippen LogP contribution in [0.25, 0.3) is 0 Å². The van der Waals surface area contributed by atoms with Crippen LogP contribution in [-0.4, -0.2) is 41.7 Å². The van der Waals surface area contributed by atoms with Gasteiger partial charge in [-0.3, -0.25) is 9.88 Å². The Morgan fingerprint density at radius 3 is 3.21 bits per heavy atom. The molecule has 1 aliphatic rings. The number of aromatic nitrogens is 1. The Bertz CT molecular complexity index is 436. The van der Waals surface area contributed by atoms with Gasteiger partial charge in [0.15, 0.2) is 0 Å². The zero-order valence-electron chi connectivity index (χ0n) is 11.3. The van der Waals surface area contributed by atoms with Crippen LogP contribution in [-0.2, 0) is 11.3 Å². The van der Waals surface area contributed by atoms with Crippen molar-refractivity contribution >= 4 is 17.2 Å². The molecule has 2 N–H and O–H groups in total. The van der Waals surface area contributed by atoms with Crippen molar-refractivity contribution in [2.24, 2.45) is 11.7 Å². The third-order valence-corrected chi connectivity index (χ3v) is 3.70. The van der Waals surface area contributed by atoms with E-state index in [2.05, 4.69) is 9.88 Å². The van der Waals surface area contributed by atoms with E-state index in [9.17, 15) is 0 Å². The van der Waals surface area contributed by atoms with Crippen molar-refractivity contribution in [1.82, 2.24) is 9.88 Å². The third-order valence-electron chi connectivity index (χ3n) is 3.49. The van der Waals surface area contributed by atoms with Crippen molar-refractivity contribution in [3.05, 3.63) is 29.6 Å². The number of ether oxygens (including phenoxy) is 1. The number of pyridine rings is 1. The van der Waals surface area contributed by atoms with E-state index in [1.807, 2.05) is 12.1 Å². The lowest BCUT2D eigenvalue weighted by Crippen LogP contribution is -2.36. The van der Waals surface area contributed by atoms with E-state index in [4.69, 9.17) is 22.7 Å². The SMILES string of the molecule is COCC1CCCN(Cc2ccnc(C(N)=S)c2)C1. The Morgan fingerprint density at radius 2 is 2.47 bits per heavy atom. The molecule has 1 aliphatic heterocycles. The summed E-state index contributed by atoms with van der Waals surface area (Å²) in [5.74, 6) is 0.649. The highest BCUT2D eigenvalue weighted by molar-refractivity contribution is 7.80. The molecule has 0 aromatic carbocycles. The number of nitrogens with zero attached hydrogens (tertiary/aromatic N) is 2. The molecule has 0 aliphatic carbocycles. The molecule has 0 amide bonds. The molecule has 0 radical (unpaired) electrons. The summed E-state index contributed by atoms with van der Waals surface area (Å²) in [6.45, 7) is 4.02. The van der Waals surface area contributed by atoms with Gasteiger partial charge in [0.05, 0.1) is 12.3 Å². The fourth-order valence-corrected chi connectivity index (χ4v) is 2.74. The van der Waals surface area contributed by atoms with Gasteiger partial charge in [0.1, 0.15) is 4.99 Å². The molecule has 4 nitrogen and oxygen atoms in total. The lowest BCUT2D eigenvalue weighted by atomic mass is 9.98. The summed E-state index contributed by atoms with van der Waals surface area (Å²) in [5, 5.41) is 0. The second-order valence-electron chi connectivity index (χ2n) is 5.11. The summed E-state index contributed by atoms with van der Waals surface area (Å²) in [7, 11) is 1.77. The van der Waals surface area contributed by atoms with Gasteiger partial charge in [-0.2, -0.15) is 0 Å². The van der Waals surface area contributed by atoms with Gasteiger partial charge in [-0.05, 0) is 43.0 Å². The fourth-order valence-electron chi connectivity index (χ4n) is 2.63. The molecule has 0 bridgehead atoms. The fraction of sp³-hybridized carbons (Fsp3) is 0.571. The van der Waals surface area contributed by atoms with E-state index in [-0.39, 0.29) is 0 Å². The van der Waals surface area contributed by atoms with Crippen LogP contribution < -0.4 is 5.73 Å². The topological polar surface area (TPSA) is 51.4 Å². The van der Waals surface area contributed by atoms with Crippen molar-refractivity contribution in [3.63, 3.8) is 0 Å². The monoisotopic (exact) mass is 279 g/mol. The molecule has 1 saturated heterocycles. The number of hydrogen-bond donors (Lipinski definition) is 1. The third kappa shape index (κ3) is 4.23. The molecule has 2 heterocycles. The Morgan fingerprint density at radius 1 is 1.63 bits per heavy atom. The van der Waals surface area contributed by atoms with Gasteiger partial charge < -0.3 is 10.5 Å². The number of hydrogen-bond acceptors (Lipinski definition) is 4. The first kappa shape index (κ1) is 14.4. The van der Waals surface area contributed by atoms with Crippen LogP contribution in [0.4, 0.5) is 0 Å². The molecule has 104 valence electrons. The van der Waals surface area contributed by atoms with E-state index < -0.39 is 0 Å². The minimum atomic E-state index is 0.359. The molecule has 19 heavy (non-hydrogen) atoms. The highest BCUT2D eigenvalue weighted by atomic mass is 32.1. The molecule has 2 rings (SSSR count). The summed E-state index contributed by atoms with van der Waals surface area (Å²) in [6.07, 6.45) is 4.28. The predicted octanol–water partition coefficient (Wildman–Crippen LogP) is 1.57. The predicted molar refractivity (Wildman–Crippen MR) is 80.0 cm³/mol. The van der Waals surface area contributed by atoms with Gasteiger partial charge in [0, 0.05) is 26.4 Å². The molecule has 1 fully saturated rings. The normalized spacial score (nSPS) is 20.4. The lowest BCUT2D eigenvalue weighted by Gasteiger charge is -2.32. The first-order valence-electron chi connectivity index (χ1n) is 6.65. The molecule has 1 atom stereocenters. The van der Waals surface area contributed by atoms with Crippen molar-refractivity contribution < 1.29 is 4.74 Å². The quantitative estimate of drug-likeness (QED) is 0.829. The van der Waals surface area contributed by atoms with E-state index in [0.717, 1.165) is 26.2 Å². The van der Waals surface area contributed by atoms with Crippen LogP contribution in [0, 0.1) is 5.92 Å². The Balaban J connectivity index is 1.96. The Hall–Kier alpha value is -1.04. The van der Waals surface area contributed by atoms with Crippen molar-refractivity contribution in [2.45, 2.75) is 19.4 Å². The summed E-state index contributed by atoms with van der Waals surface area (Å²) < 4.78 is 5.26. The second-order valence-corrected chi connectivity index (χ2v) is 5.55. The highest BCUT2D eigenvalue weighted by Gasteiger charge is 2.19. The molecule has 0 spiro atoms. The van der Waals surface area contributed by atoms with Crippen molar-refractivity contribution in [3.8, 4) is 0 Å². The number of likely N-dealkylation sites (tertiary alicyclic amines) is 1. The molecular formula is C14H21N3OS. The summed E-state index contributed by atoms with van der Waals surface area (Å²) in [4.78, 5) is 6.99. The standard InChI is InChI=1S/C14H21N3OS/c1-18-10-12-3-2-6-17(9-12)8-11-4-5-16-13(7-11)14(15)19/h4-5,7,12H,2-3,6,8-10H2,1H3,(H2,15,19). The highest BCUT2D eigenvalue weighted by Crippen LogP contribution is 2.18. The van der Waals surface area contributed by atoms with Crippen LogP contribution in [0.3, 0.4) is 0 Å². The molecule has 0 saturated carbocycles. The summed E-state index contributed by atoms with van der Waals surface area (Å²) in [5.41, 5.74) is 7.54. The van der Waals surface area contributed by atoms with Crippen LogP contribution >= 0.6 is 12.2 Å². The van der Waals surface area contributed by atoms with Gasteiger partial charge in [-0.25, -0.2) is 0 Å². The van der Waals surface area contributed by atoms with E-state index >= 15 is 0 Å².